The maximum absolute atomic E-state index is 13.8. The van der Waals surface area contributed by atoms with Gasteiger partial charge in [0.25, 0.3) is 0 Å². The summed E-state index contributed by atoms with van der Waals surface area (Å²) in [7, 11) is 2.95. The number of ether oxygens (including phenoxy) is 4. The van der Waals surface area contributed by atoms with E-state index in [1.54, 1.807) is 58.2 Å². The number of anilines is 1. The summed E-state index contributed by atoms with van der Waals surface area (Å²) in [5, 5.41) is 2.95. The van der Waals surface area contributed by atoms with Gasteiger partial charge in [0.1, 0.15) is 29.7 Å². The van der Waals surface area contributed by atoms with Crippen LogP contribution in [0.1, 0.15) is 64.0 Å². The Hall–Kier alpha value is -4.27. The van der Waals surface area contributed by atoms with Crippen molar-refractivity contribution >= 4 is 29.7 Å². The van der Waals surface area contributed by atoms with Gasteiger partial charge in [-0.05, 0) is 75.1 Å². The molecule has 0 saturated carbocycles. The molecule has 0 aliphatic carbocycles. The number of nitrogens with zero attached hydrogens (tertiary/aromatic N) is 1. The van der Waals surface area contributed by atoms with E-state index < -0.39 is 17.7 Å². The molecular weight excluding hydrogens is 536 g/mol. The number of unbranched alkanes of at least 4 members (excludes halogenated alkanes) is 2. The average Bonchev–Trinajstić information content (AvgIpc) is 2.96. The summed E-state index contributed by atoms with van der Waals surface area (Å²) in [6, 6.07) is 12.0. The highest BCUT2D eigenvalue weighted by molar-refractivity contribution is 5.97. The van der Waals surface area contributed by atoms with Crippen LogP contribution >= 0.6 is 0 Å². The summed E-state index contributed by atoms with van der Waals surface area (Å²) >= 11 is 0. The Bertz CT molecular complexity index is 1220. The lowest BCUT2D eigenvalue weighted by Gasteiger charge is -2.32. The molecule has 0 saturated heterocycles. The maximum atomic E-state index is 13.8. The van der Waals surface area contributed by atoms with Crippen LogP contribution in [-0.2, 0) is 25.7 Å². The highest BCUT2D eigenvalue weighted by Crippen LogP contribution is 2.27. The number of hydrogen-bond donors (Lipinski definition) is 1. The molecule has 0 fully saturated rings. The zero-order valence-electron chi connectivity index (χ0n) is 25.4. The molecule has 228 valence electrons. The normalized spacial score (nSPS) is 11.5. The van der Waals surface area contributed by atoms with Crippen molar-refractivity contribution in [3.8, 4) is 11.5 Å². The van der Waals surface area contributed by atoms with Crippen molar-refractivity contribution in [3.63, 3.8) is 0 Å². The number of benzene rings is 2. The molecule has 0 radical (unpaired) electrons. The zero-order chi connectivity index (χ0) is 31.1. The summed E-state index contributed by atoms with van der Waals surface area (Å²) in [6.45, 7) is 13.3. The van der Waals surface area contributed by atoms with Crippen molar-refractivity contribution in [1.29, 1.82) is 0 Å². The molecule has 0 spiro atoms. The number of carbonyl (C=O) groups is 3. The Morgan fingerprint density at radius 3 is 2.40 bits per heavy atom. The monoisotopic (exact) mass is 580 g/mol. The van der Waals surface area contributed by atoms with Crippen LogP contribution in [0.5, 0.6) is 11.5 Å². The Morgan fingerprint density at radius 1 is 1.02 bits per heavy atom. The molecule has 2 rings (SSSR count). The molecule has 0 unspecified atom stereocenters. The first kappa shape index (κ1) is 33.9. The molecular formula is C33H44N2O7. The lowest BCUT2D eigenvalue weighted by atomic mass is 10.0. The number of amides is 2. The predicted octanol–water partition coefficient (Wildman–Crippen LogP) is 6.77. The van der Waals surface area contributed by atoms with E-state index >= 15 is 0 Å². The average molecular weight is 581 g/mol. The van der Waals surface area contributed by atoms with E-state index in [2.05, 4.69) is 18.5 Å². The Kier molecular flexibility index (Phi) is 13.6. The third-order valence-electron chi connectivity index (χ3n) is 6.22. The second-order valence-corrected chi connectivity index (χ2v) is 10.7. The van der Waals surface area contributed by atoms with Gasteiger partial charge in [-0.1, -0.05) is 43.7 Å². The summed E-state index contributed by atoms with van der Waals surface area (Å²) in [6.07, 6.45) is 5.23. The van der Waals surface area contributed by atoms with Crippen LogP contribution in [0.4, 0.5) is 10.5 Å². The van der Waals surface area contributed by atoms with E-state index in [0.29, 0.717) is 49.3 Å². The third kappa shape index (κ3) is 11.3. The first-order valence-corrected chi connectivity index (χ1v) is 14.0. The second kappa shape index (κ2) is 16.9. The zero-order valence-corrected chi connectivity index (χ0v) is 25.4. The fraction of sp³-hybridized carbons (Fsp3) is 0.424. The van der Waals surface area contributed by atoms with Crippen molar-refractivity contribution in [1.82, 2.24) is 4.90 Å². The first-order chi connectivity index (χ1) is 20.0. The van der Waals surface area contributed by atoms with Crippen molar-refractivity contribution in [2.45, 2.75) is 71.1 Å². The quantitative estimate of drug-likeness (QED) is 0.133. The van der Waals surface area contributed by atoms with E-state index in [1.807, 2.05) is 24.3 Å². The lowest BCUT2D eigenvalue weighted by Crippen LogP contribution is -2.49. The molecule has 9 heteroatoms. The fourth-order valence-corrected chi connectivity index (χ4v) is 4.18. The Morgan fingerprint density at radius 2 is 1.76 bits per heavy atom. The van der Waals surface area contributed by atoms with Crippen molar-refractivity contribution < 1.29 is 33.3 Å². The minimum absolute atomic E-state index is 0.120. The van der Waals surface area contributed by atoms with E-state index in [9.17, 15) is 14.4 Å². The van der Waals surface area contributed by atoms with Gasteiger partial charge >= 0.3 is 12.1 Å². The number of nitrogens with one attached hydrogen (secondary N) is 1. The van der Waals surface area contributed by atoms with Gasteiger partial charge in [-0.15, -0.1) is 6.58 Å². The van der Waals surface area contributed by atoms with Gasteiger partial charge in [-0.2, -0.15) is 0 Å². The number of esters is 1. The van der Waals surface area contributed by atoms with E-state index in [4.69, 9.17) is 18.9 Å². The Labute approximate surface area is 249 Å². The minimum Gasteiger partial charge on any atom is -0.497 e. The minimum atomic E-state index is -0.849. The molecule has 0 aliphatic rings. The molecule has 42 heavy (non-hydrogen) atoms. The second-order valence-electron chi connectivity index (χ2n) is 10.7. The summed E-state index contributed by atoms with van der Waals surface area (Å²) < 4.78 is 21.8. The van der Waals surface area contributed by atoms with Crippen LogP contribution in [0, 0.1) is 0 Å². The molecule has 2 aromatic rings. The predicted molar refractivity (Wildman–Crippen MR) is 165 cm³/mol. The molecule has 9 nitrogen and oxygen atoms in total. The SMILES string of the molecule is C=CCN(C(=O)OC(C)(C)C)[C@@H](CCCCCC(=O)OC)C(=O)Nc1ccccc1OCc1cc(C=C)cc(OC)c1. The van der Waals surface area contributed by atoms with Crippen molar-refractivity contribution in [3.05, 3.63) is 72.8 Å². The highest BCUT2D eigenvalue weighted by atomic mass is 16.6. The molecule has 2 aromatic carbocycles. The largest absolute Gasteiger partial charge is 0.497 e. The number of para-hydroxylation sites is 2. The summed E-state index contributed by atoms with van der Waals surface area (Å²) in [4.78, 5) is 39.8. The van der Waals surface area contributed by atoms with E-state index in [1.165, 1.54) is 12.0 Å². The van der Waals surface area contributed by atoms with Crippen LogP contribution in [-0.4, -0.2) is 55.3 Å². The van der Waals surface area contributed by atoms with E-state index in [-0.39, 0.29) is 25.0 Å². The highest BCUT2D eigenvalue weighted by Gasteiger charge is 2.32. The summed E-state index contributed by atoms with van der Waals surface area (Å²) in [5.74, 6) is 0.490. The smallest absolute Gasteiger partial charge is 0.411 e. The van der Waals surface area contributed by atoms with E-state index in [0.717, 1.165) is 11.1 Å². The molecule has 1 N–H and O–H groups in total. The lowest BCUT2D eigenvalue weighted by molar-refractivity contribution is -0.140. The number of hydrogen-bond acceptors (Lipinski definition) is 7. The molecule has 2 amide bonds. The van der Waals surface area contributed by atoms with Crippen molar-refractivity contribution in [2.24, 2.45) is 0 Å². The molecule has 0 bridgehead atoms. The fourth-order valence-electron chi connectivity index (χ4n) is 4.18. The summed E-state index contributed by atoms with van der Waals surface area (Å²) in [5.41, 5.74) is 1.49. The Balaban J connectivity index is 2.25. The molecule has 0 heterocycles. The van der Waals surface area contributed by atoms with Gasteiger partial charge < -0.3 is 24.3 Å². The van der Waals surface area contributed by atoms with Gasteiger partial charge in [0.05, 0.1) is 19.9 Å². The van der Waals surface area contributed by atoms with Crippen LogP contribution in [0.3, 0.4) is 0 Å². The van der Waals surface area contributed by atoms with Gasteiger partial charge in [0.2, 0.25) is 5.91 Å². The van der Waals surface area contributed by atoms with Crippen LogP contribution < -0.4 is 14.8 Å². The standard InChI is InChI=1S/C33H44N2O7/c1-8-19-35(32(38)42-33(3,4)5)28(16-11-10-12-18-30(36)40-7)31(37)34-27-15-13-14-17-29(27)41-23-25-20-24(9-2)21-26(22-25)39-6/h8-9,13-15,17,20-22,28H,1-2,10-12,16,18-19,23H2,3-7H3,(H,34,37)/t28-/m0/s1. The van der Waals surface area contributed by atoms with Gasteiger partial charge in [-0.25, -0.2) is 4.79 Å². The van der Waals surface area contributed by atoms with Crippen LogP contribution in [0.25, 0.3) is 6.08 Å². The maximum Gasteiger partial charge on any atom is 0.411 e. The molecule has 0 aliphatic heterocycles. The van der Waals surface area contributed by atoms with Crippen LogP contribution in [0.15, 0.2) is 61.7 Å². The molecule has 0 aromatic heterocycles. The first-order valence-electron chi connectivity index (χ1n) is 14.0. The molecule has 1 atom stereocenters. The topological polar surface area (TPSA) is 103 Å². The number of rotatable bonds is 16. The van der Waals surface area contributed by atoms with Gasteiger partial charge in [-0.3, -0.25) is 14.5 Å². The third-order valence-corrected chi connectivity index (χ3v) is 6.22. The van der Waals surface area contributed by atoms with Gasteiger partial charge in [0.15, 0.2) is 0 Å². The number of carbonyl (C=O) groups excluding carboxylic acids is 3. The van der Waals surface area contributed by atoms with Gasteiger partial charge in [0, 0.05) is 13.0 Å². The van der Waals surface area contributed by atoms with Crippen LogP contribution in [0.2, 0.25) is 0 Å². The number of methoxy groups -OCH3 is 2. The van der Waals surface area contributed by atoms with Crippen molar-refractivity contribution in [2.75, 3.05) is 26.1 Å².